The molecule has 0 aliphatic heterocycles. The standard InChI is InChI=1S/C9H10F2O/c1-6(5-12)8-4-7(10)2-3-9(8)11/h2-4,6,12H,5H2,1H3/t6-/m0/s1. The van der Waals surface area contributed by atoms with Crippen molar-refractivity contribution in [2.75, 3.05) is 6.61 Å². The Labute approximate surface area is 69.7 Å². The summed E-state index contributed by atoms with van der Waals surface area (Å²) in [4.78, 5) is 0. The Kier molecular flexibility index (Phi) is 2.76. The van der Waals surface area contributed by atoms with Crippen molar-refractivity contribution in [3.63, 3.8) is 0 Å². The Morgan fingerprint density at radius 1 is 1.42 bits per heavy atom. The van der Waals surface area contributed by atoms with Crippen LogP contribution in [-0.4, -0.2) is 11.7 Å². The second-order valence-electron chi connectivity index (χ2n) is 2.75. The summed E-state index contributed by atoms with van der Waals surface area (Å²) in [6, 6.07) is 3.23. The van der Waals surface area contributed by atoms with Crippen LogP contribution in [0.5, 0.6) is 0 Å². The van der Waals surface area contributed by atoms with Crippen LogP contribution < -0.4 is 0 Å². The van der Waals surface area contributed by atoms with Gasteiger partial charge < -0.3 is 5.11 Å². The molecule has 0 heterocycles. The van der Waals surface area contributed by atoms with E-state index in [1.54, 1.807) is 6.92 Å². The van der Waals surface area contributed by atoms with E-state index in [4.69, 9.17) is 5.11 Å². The molecular weight excluding hydrogens is 162 g/mol. The van der Waals surface area contributed by atoms with E-state index in [9.17, 15) is 8.78 Å². The molecule has 66 valence electrons. The Bertz CT molecular complexity index is 273. The number of aliphatic hydroxyl groups is 1. The molecule has 1 aromatic rings. The first-order valence-corrected chi connectivity index (χ1v) is 3.71. The molecule has 1 aromatic carbocycles. The summed E-state index contributed by atoms with van der Waals surface area (Å²) < 4.78 is 25.5. The van der Waals surface area contributed by atoms with Crippen LogP contribution in [0.2, 0.25) is 0 Å². The summed E-state index contributed by atoms with van der Waals surface area (Å²) in [5, 5.41) is 8.71. The predicted molar refractivity (Wildman–Crippen MR) is 41.9 cm³/mol. The summed E-state index contributed by atoms with van der Waals surface area (Å²) in [5.74, 6) is -1.31. The van der Waals surface area contributed by atoms with Crippen LogP contribution in [-0.2, 0) is 0 Å². The van der Waals surface area contributed by atoms with Gasteiger partial charge in [0.05, 0.1) is 0 Å². The monoisotopic (exact) mass is 172 g/mol. The van der Waals surface area contributed by atoms with Crippen molar-refractivity contribution >= 4 is 0 Å². The van der Waals surface area contributed by atoms with Crippen molar-refractivity contribution in [1.29, 1.82) is 0 Å². The zero-order valence-electron chi connectivity index (χ0n) is 6.72. The Morgan fingerprint density at radius 2 is 2.08 bits per heavy atom. The highest BCUT2D eigenvalue weighted by Gasteiger charge is 2.10. The number of hydrogen-bond acceptors (Lipinski definition) is 1. The van der Waals surface area contributed by atoms with Gasteiger partial charge in [-0.25, -0.2) is 8.78 Å². The second-order valence-corrected chi connectivity index (χ2v) is 2.75. The first-order chi connectivity index (χ1) is 5.65. The molecule has 0 saturated carbocycles. The lowest BCUT2D eigenvalue weighted by atomic mass is 10.0. The van der Waals surface area contributed by atoms with Gasteiger partial charge in [-0.1, -0.05) is 6.92 Å². The lowest BCUT2D eigenvalue weighted by Crippen LogP contribution is -2.02. The van der Waals surface area contributed by atoms with Gasteiger partial charge in [0.2, 0.25) is 0 Å². The highest BCUT2D eigenvalue weighted by Crippen LogP contribution is 2.19. The fourth-order valence-electron chi connectivity index (χ4n) is 0.991. The molecule has 0 unspecified atom stereocenters. The largest absolute Gasteiger partial charge is 0.396 e. The van der Waals surface area contributed by atoms with Gasteiger partial charge in [0.1, 0.15) is 11.6 Å². The van der Waals surface area contributed by atoms with Crippen LogP contribution in [0.3, 0.4) is 0 Å². The van der Waals surface area contributed by atoms with Gasteiger partial charge in [-0.15, -0.1) is 0 Å². The minimum absolute atomic E-state index is 0.180. The van der Waals surface area contributed by atoms with Gasteiger partial charge in [0.15, 0.2) is 0 Å². The zero-order chi connectivity index (χ0) is 9.14. The lowest BCUT2D eigenvalue weighted by Gasteiger charge is -2.08. The molecule has 0 aromatic heterocycles. The summed E-state index contributed by atoms with van der Waals surface area (Å²) in [7, 11) is 0. The molecule has 12 heavy (non-hydrogen) atoms. The molecule has 0 amide bonds. The second kappa shape index (κ2) is 3.63. The van der Waals surface area contributed by atoms with Crippen molar-refractivity contribution < 1.29 is 13.9 Å². The molecule has 3 heteroatoms. The van der Waals surface area contributed by atoms with Crippen LogP contribution in [0.15, 0.2) is 18.2 Å². The van der Waals surface area contributed by atoms with E-state index < -0.39 is 11.6 Å². The van der Waals surface area contributed by atoms with E-state index in [0.717, 1.165) is 18.2 Å². The molecular formula is C9H10F2O. The number of hydrogen-bond donors (Lipinski definition) is 1. The SMILES string of the molecule is C[C@@H](CO)c1cc(F)ccc1F. The van der Waals surface area contributed by atoms with Crippen LogP contribution >= 0.6 is 0 Å². The zero-order valence-corrected chi connectivity index (χ0v) is 6.72. The highest BCUT2D eigenvalue weighted by atomic mass is 19.1. The maximum atomic E-state index is 12.9. The van der Waals surface area contributed by atoms with Crippen LogP contribution in [0, 0.1) is 11.6 Å². The molecule has 1 rings (SSSR count). The Morgan fingerprint density at radius 3 is 2.67 bits per heavy atom. The van der Waals surface area contributed by atoms with Gasteiger partial charge >= 0.3 is 0 Å². The Hall–Kier alpha value is -0.960. The third-order valence-corrected chi connectivity index (χ3v) is 1.76. The quantitative estimate of drug-likeness (QED) is 0.723. The smallest absolute Gasteiger partial charge is 0.126 e. The van der Waals surface area contributed by atoms with E-state index in [-0.39, 0.29) is 18.1 Å². The number of rotatable bonds is 2. The third kappa shape index (κ3) is 1.80. The van der Waals surface area contributed by atoms with E-state index in [1.165, 1.54) is 0 Å². The predicted octanol–water partition coefficient (Wildman–Crippen LogP) is 2.06. The molecule has 1 atom stereocenters. The highest BCUT2D eigenvalue weighted by molar-refractivity contribution is 5.22. The molecule has 0 aliphatic rings. The van der Waals surface area contributed by atoms with Crippen molar-refractivity contribution in [3.05, 3.63) is 35.4 Å². The van der Waals surface area contributed by atoms with E-state index >= 15 is 0 Å². The summed E-state index contributed by atoms with van der Waals surface area (Å²) in [5.41, 5.74) is 0.220. The number of benzene rings is 1. The van der Waals surface area contributed by atoms with Gasteiger partial charge in [0, 0.05) is 12.5 Å². The van der Waals surface area contributed by atoms with Crippen molar-refractivity contribution in [3.8, 4) is 0 Å². The molecule has 0 bridgehead atoms. The maximum Gasteiger partial charge on any atom is 0.126 e. The summed E-state index contributed by atoms with van der Waals surface area (Å²) in [6.07, 6.45) is 0. The minimum Gasteiger partial charge on any atom is -0.396 e. The average Bonchev–Trinajstić information content (AvgIpc) is 2.08. The number of aliphatic hydroxyl groups excluding tert-OH is 1. The molecule has 0 saturated heterocycles. The lowest BCUT2D eigenvalue weighted by molar-refractivity contribution is 0.270. The molecule has 0 aliphatic carbocycles. The Balaban J connectivity index is 3.04. The topological polar surface area (TPSA) is 20.2 Å². The van der Waals surface area contributed by atoms with Crippen LogP contribution in [0.4, 0.5) is 8.78 Å². The van der Waals surface area contributed by atoms with Crippen molar-refractivity contribution in [2.24, 2.45) is 0 Å². The van der Waals surface area contributed by atoms with Gasteiger partial charge in [-0.05, 0) is 23.8 Å². The van der Waals surface area contributed by atoms with Gasteiger partial charge in [0.25, 0.3) is 0 Å². The van der Waals surface area contributed by atoms with Gasteiger partial charge in [-0.2, -0.15) is 0 Å². The first kappa shape index (κ1) is 9.13. The molecule has 0 fully saturated rings. The van der Waals surface area contributed by atoms with Crippen molar-refractivity contribution in [1.82, 2.24) is 0 Å². The minimum atomic E-state index is -0.480. The van der Waals surface area contributed by atoms with Gasteiger partial charge in [-0.3, -0.25) is 0 Å². The molecule has 1 N–H and O–H groups in total. The molecule has 1 nitrogen and oxygen atoms in total. The van der Waals surface area contributed by atoms with Crippen LogP contribution in [0.1, 0.15) is 18.4 Å². The van der Waals surface area contributed by atoms with Crippen molar-refractivity contribution in [2.45, 2.75) is 12.8 Å². The third-order valence-electron chi connectivity index (χ3n) is 1.76. The van der Waals surface area contributed by atoms with E-state index in [2.05, 4.69) is 0 Å². The average molecular weight is 172 g/mol. The summed E-state index contributed by atoms with van der Waals surface area (Å²) in [6.45, 7) is 1.46. The molecule has 0 radical (unpaired) electrons. The number of halogens is 2. The van der Waals surface area contributed by atoms with E-state index in [1.807, 2.05) is 0 Å². The van der Waals surface area contributed by atoms with E-state index in [0.29, 0.717) is 0 Å². The fourth-order valence-corrected chi connectivity index (χ4v) is 0.991. The first-order valence-electron chi connectivity index (χ1n) is 3.71. The normalized spacial score (nSPS) is 13.0. The summed E-state index contributed by atoms with van der Waals surface area (Å²) >= 11 is 0. The molecule has 0 spiro atoms. The maximum absolute atomic E-state index is 12.9. The fraction of sp³-hybridized carbons (Fsp3) is 0.333. The van der Waals surface area contributed by atoms with Crippen LogP contribution in [0.25, 0.3) is 0 Å².